The van der Waals surface area contributed by atoms with Crippen LogP contribution in [0.25, 0.3) is 0 Å². The Balaban J connectivity index is 1.68. The fourth-order valence-corrected chi connectivity index (χ4v) is 7.16. The van der Waals surface area contributed by atoms with Crippen LogP contribution in [0, 0.1) is 5.92 Å². The van der Waals surface area contributed by atoms with Crippen molar-refractivity contribution in [3.05, 3.63) is 82.3 Å². The molecule has 1 amide bonds. The van der Waals surface area contributed by atoms with E-state index in [1.807, 2.05) is 6.92 Å². The number of anilines is 1. The second kappa shape index (κ2) is 13.4. The lowest BCUT2D eigenvalue weighted by atomic mass is 10.0. The summed E-state index contributed by atoms with van der Waals surface area (Å²) in [6, 6.07) is 15.6. The first kappa shape index (κ1) is 33.0. The normalized spacial score (nSPS) is 18.7. The molecule has 0 saturated carbocycles. The van der Waals surface area contributed by atoms with Crippen LogP contribution in [0.5, 0.6) is 5.75 Å². The van der Waals surface area contributed by atoms with Crippen LogP contribution in [0.15, 0.2) is 76.5 Å². The highest BCUT2D eigenvalue weighted by Gasteiger charge is 2.33. The molecule has 0 aliphatic carbocycles. The van der Waals surface area contributed by atoms with Crippen molar-refractivity contribution in [2.24, 2.45) is 5.92 Å². The van der Waals surface area contributed by atoms with Crippen LogP contribution in [0.2, 0.25) is 10.0 Å². The van der Waals surface area contributed by atoms with E-state index in [9.17, 15) is 26.7 Å². The summed E-state index contributed by atoms with van der Waals surface area (Å²) in [6.07, 6.45) is -0.837. The molecule has 3 atom stereocenters. The lowest BCUT2D eigenvalue weighted by molar-refractivity contribution is -0.134. The zero-order chi connectivity index (χ0) is 31.5. The predicted octanol–water partition coefficient (Wildman–Crippen LogP) is 4.26. The Bertz CT molecular complexity index is 1670. The molecule has 232 valence electrons. The number of hydrogen-bond acceptors (Lipinski definition) is 7. The molecule has 1 aliphatic rings. The molecule has 0 aromatic heterocycles. The molecule has 10 nitrogen and oxygen atoms in total. The largest absolute Gasteiger partial charge is 0.488 e. The van der Waals surface area contributed by atoms with Gasteiger partial charge in [0, 0.05) is 40.8 Å². The molecule has 3 aromatic carbocycles. The quantitative estimate of drug-likeness (QED) is 0.348. The number of nitrogens with zero attached hydrogens (tertiary/aromatic N) is 2. The van der Waals surface area contributed by atoms with Gasteiger partial charge in [-0.3, -0.25) is 9.52 Å². The molecule has 43 heavy (non-hydrogen) atoms. The average molecular weight is 671 g/mol. The van der Waals surface area contributed by atoms with Crippen molar-refractivity contribution < 1.29 is 31.5 Å². The number of aliphatic hydroxyl groups is 1. The van der Waals surface area contributed by atoms with E-state index in [1.165, 1.54) is 76.9 Å². The number of hydrogen-bond donors (Lipinski definition) is 2. The summed E-state index contributed by atoms with van der Waals surface area (Å²) in [6.45, 7) is 3.43. The zero-order valence-corrected chi connectivity index (χ0v) is 26.9. The van der Waals surface area contributed by atoms with Crippen LogP contribution in [0.3, 0.4) is 0 Å². The molecule has 4 rings (SSSR count). The van der Waals surface area contributed by atoms with Gasteiger partial charge in [0.2, 0.25) is 15.9 Å². The highest BCUT2D eigenvalue weighted by atomic mass is 35.5. The second-order valence-corrected chi connectivity index (χ2v) is 15.1. The molecular formula is C29H33Cl2N3O7S2. The first-order valence-corrected chi connectivity index (χ1v) is 17.1. The Labute approximate surface area is 262 Å². The molecule has 3 aromatic rings. The van der Waals surface area contributed by atoms with Gasteiger partial charge < -0.3 is 14.7 Å². The van der Waals surface area contributed by atoms with E-state index in [1.54, 1.807) is 13.0 Å². The molecule has 1 heterocycles. The summed E-state index contributed by atoms with van der Waals surface area (Å²) < 4.78 is 62.7. The Morgan fingerprint density at radius 1 is 1.00 bits per heavy atom. The SMILES string of the molecule is C[C@H](CO)N1C[C@H](C)[C@@H](CN(C)S(=O)(=O)c2ccc(Cl)cc2)Oc2ccc(NS(=O)(=O)c3ccc(Cl)cc3)cc2CC1=O. The Kier molecular flexibility index (Phi) is 10.3. The summed E-state index contributed by atoms with van der Waals surface area (Å²) in [7, 11) is -6.41. The van der Waals surface area contributed by atoms with Crippen molar-refractivity contribution >= 4 is 54.8 Å². The van der Waals surface area contributed by atoms with Gasteiger partial charge in [-0.15, -0.1) is 0 Å². The van der Waals surface area contributed by atoms with Crippen LogP contribution in [-0.2, 0) is 31.3 Å². The minimum atomic E-state index is -3.96. The van der Waals surface area contributed by atoms with Gasteiger partial charge in [0.15, 0.2) is 0 Å². The number of fused-ring (bicyclic) bond motifs is 1. The number of benzene rings is 3. The Morgan fingerprint density at radius 3 is 2.16 bits per heavy atom. The van der Waals surface area contributed by atoms with Gasteiger partial charge in [0.25, 0.3) is 10.0 Å². The van der Waals surface area contributed by atoms with Gasteiger partial charge >= 0.3 is 0 Å². The first-order valence-electron chi connectivity index (χ1n) is 13.4. The van der Waals surface area contributed by atoms with E-state index in [0.29, 0.717) is 21.4 Å². The van der Waals surface area contributed by atoms with E-state index in [0.717, 1.165) is 0 Å². The monoisotopic (exact) mass is 669 g/mol. The van der Waals surface area contributed by atoms with E-state index < -0.39 is 32.2 Å². The van der Waals surface area contributed by atoms with Crippen molar-refractivity contribution in [3.8, 4) is 5.75 Å². The first-order chi connectivity index (χ1) is 20.2. The fraction of sp³-hybridized carbons (Fsp3) is 0.345. The third-order valence-electron chi connectivity index (χ3n) is 7.25. The molecule has 0 saturated heterocycles. The molecule has 0 spiro atoms. The molecule has 14 heteroatoms. The van der Waals surface area contributed by atoms with Gasteiger partial charge in [-0.25, -0.2) is 16.8 Å². The lowest BCUT2D eigenvalue weighted by Gasteiger charge is -2.33. The van der Waals surface area contributed by atoms with Crippen molar-refractivity contribution in [1.29, 1.82) is 0 Å². The second-order valence-electron chi connectivity index (χ2n) is 10.5. The standard InChI is InChI=1S/C29H33Cl2N3O7S2/c1-19-16-34(20(2)18-35)29(36)15-21-14-24(32-42(37,38)25-9-4-22(30)5-10-25)8-13-27(21)41-28(19)17-33(3)43(39,40)26-11-6-23(31)7-12-26/h4-14,19-20,28,32,35H,15-18H2,1-3H3/t19-,20+,28+/m0/s1. The molecule has 0 bridgehead atoms. The maximum Gasteiger partial charge on any atom is 0.261 e. The Hall–Kier alpha value is -2.87. The van der Waals surface area contributed by atoms with E-state index in [2.05, 4.69) is 4.72 Å². The van der Waals surface area contributed by atoms with E-state index >= 15 is 0 Å². The Morgan fingerprint density at radius 2 is 1.58 bits per heavy atom. The fourth-order valence-electron chi connectivity index (χ4n) is 4.68. The smallest absolute Gasteiger partial charge is 0.261 e. The van der Waals surface area contributed by atoms with Gasteiger partial charge in [-0.05, 0) is 73.7 Å². The molecule has 0 radical (unpaired) electrons. The van der Waals surface area contributed by atoms with Crippen molar-refractivity contribution in [2.45, 2.75) is 42.2 Å². The van der Waals surface area contributed by atoms with Crippen molar-refractivity contribution in [1.82, 2.24) is 9.21 Å². The summed E-state index contributed by atoms with van der Waals surface area (Å²) in [5, 5.41) is 10.7. The minimum absolute atomic E-state index is 0.00883. The van der Waals surface area contributed by atoms with Crippen LogP contribution < -0.4 is 9.46 Å². The maximum absolute atomic E-state index is 13.5. The number of aliphatic hydroxyl groups excluding tert-OH is 1. The maximum atomic E-state index is 13.5. The molecule has 0 unspecified atom stereocenters. The molecular weight excluding hydrogens is 637 g/mol. The summed E-state index contributed by atoms with van der Waals surface area (Å²) in [5.74, 6) is -0.330. The summed E-state index contributed by atoms with van der Waals surface area (Å²) >= 11 is 11.8. The molecule has 1 aliphatic heterocycles. The number of carbonyl (C=O) groups excluding carboxylic acids is 1. The average Bonchev–Trinajstić information content (AvgIpc) is 3.00. The van der Waals surface area contributed by atoms with E-state index in [4.69, 9.17) is 27.9 Å². The number of rotatable bonds is 9. The number of likely N-dealkylation sites (N-methyl/N-ethyl adjacent to an activating group) is 1. The number of sulfonamides is 2. The summed E-state index contributed by atoms with van der Waals surface area (Å²) in [4.78, 5) is 15.1. The number of carbonyl (C=O) groups is 1. The van der Waals surface area contributed by atoms with Crippen LogP contribution >= 0.6 is 23.2 Å². The summed E-state index contributed by atoms with van der Waals surface area (Å²) in [5.41, 5.74) is 0.608. The van der Waals surface area contributed by atoms with E-state index in [-0.39, 0.29) is 53.4 Å². The topological polar surface area (TPSA) is 133 Å². The highest BCUT2D eigenvalue weighted by Crippen LogP contribution is 2.31. The minimum Gasteiger partial charge on any atom is -0.488 e. The molecule has 2 N–H and O–H groups in total. The van der Waals surface area contributed by atoms with Gasteiger partial charge in [0.05, 0.1) is 35.4 Å². The zero-order valence-electron chi connectivity index (χ0n) is 23.8. The van der Waals surface area contributed by atoms with Crippen LogP contribution in [0.4, 0.5) is 5.69 Å². The number of amides is 1. The number of nitrogens with one attached hydrogen (secondary N) is 1. The van der Waals surface area contributed by atoms with Crippen LogP contribution in [-0.4, -0.2) is 75.9 Å². The highest BCUT2D eigenvalue weighted by molar-refractivity contribution is 7.92. The van der Waals surface area contributed by atoms with Gasteiger partial charge in [0.1, 0.15) is 11.9 Å². The molecule has 0 fully saturated rings. The lowest BCUT2D eigenvalue weighted by Crippen LogP contribution is -2.48. The number of ether oxygens (including phenoxy) is 1. The van der Waals surface area contributed by atoms with Crippen molar-refractivity contribution in [3.63, 3.8) is 0 Å². The van der Waals surface area contributed by atoms with Crippen LogP contribution in [0.1, 0.15) is 19.4 Å². The third-order valence-corrected chi connectivity index (χ3v) is 11.0. The number of halogens is 2. The van der Waals surface area contributed by atoms with Gasteiger partial charge in [-0.1, -0.05) is 30.1 Å². The van der Waals surface area contributed by atoms with Gasteiger partial charge in [-0.2, -0.15) is 4.31 Å². The third kappa shape index (κ3) is 7.81. The predicted molar refractivity (Wildman–Crippen MR) is 166 cm³/mol. The van der Waals surface area contributed by atoms with Crippen molar-refractivity contribution in [2.75, 3.05) is 31.5 Å².